The monoisotopic (exact) mass is 441 g/mol. The van der Waals surface area contributed by atoms with Gasteiger partial charge in [-0.2, -0.15) is 11.8 Å². The Morgan fingerprint density at radius 2 is 1.52 bits per heavy atom. The molecule has 5 nitrogen and oxygen atoms in total. The van der Waals surface area contributed by atoms with Gasteiger partial charge in [0.25, 0.3) is 0 Å². The van der Waals surface area contributed by atoms with Crippen LogP contribution in [0.15, 0.2) is 60.7 Å². The van der Waals surface area contributed by atoms with E-state index in [1.807, 2.05) is 60.7 Å². The molecule has 31 heavy (non-hydrogen) atoms. The Balaban J connectivity index is 1.86. The molecule has 0 spiro atoms. The minimum atomic E-state index is -0.529. The highest BCUT2D eigenvalue weighted by Crippen LogP contribution is 2.11. The predicted octanol–water partition coefficient (Wildman–Crippen LogP) is 3.99. The first-order valence-electron chi connectivity index (χ1n) is 10.7. The smallest absolute Gasteiger partial charge is 0.306 e. The second-order valence-electron chi connectivity index (χ2n) is 7.20. The van der Waals surface area contributed by atoms with Crippen LogP contribution in [0.1, 0.15) is 37.3 Å². The molecule has 166 valence electrons. The molecule has 1 amide bonds. The van der Waals surface area contributed by atoms with Crippen molar-refractivity contribution in [3.8, 4) is 0 Å². The van der Waals surface area contributed by atoms with E-state index in [-0.39, 0.29) is 29.8 Å². The van der Waals surface area contributed by atoms with Crippen LogP contribution in [0.3, 0.4) is 0 Å². The molecule has 0 fully saturated rings. The number of benzene rings is 2. The molecule has 0 saturated heterocycles. The normalized spacial score (nSPS) is 11.5. The first-order chi connectivity index (χ1) is 15.1. The zero-order chi connectivity index (χ0) is 22.3. The molecule has 0 aliphatic carbocycles. The average Bonchev–Trinajstić information content (AvgIpc) is 2.79. The van der Waals surface area contributed by atoms with E-state index in [0.717, 1.165) is 11.1 Å². The van der Waals surface area contributed by atoms with Gasteiger partial charge in [-0.25, -0.2) is 0 Å². The van der Waals surface area contributed by atoms with E-state index in [9.17, 15) is 14.4 Å². The SMILES string of the molecule is CCOC(=O)CCSCC(=O)[C@H](CCc1ccccc1)NC(=O)CCc1ccccc1. The second kappa shape index (κ2) is 14.4. The zero-order valence-electron chi connectivity index (χ0n) is 18.0. The molecule has 0 radical (unpaired) electrons. The van der Waals surface area contributed by atoms with Crippen LogP contribution in [0.25, 0.3) is 0 Å². The van der Waals surface area contributed by atoms with Gasteiger partial charge in [-0.3, -0.25) is 14.4 Å². The molecular formula is C25H31NO4S. The Morgan fingerprint density at radius 1 is 0.903 bits per heavy atom. The number of thioether (sulfide) groups is 1. The molecule has 0 saturated carbocycles. The third-order valence-corrected chi connectivity index (χ3v) is 5.75. The minimum Gasteiger partial charge on any atom is -0.466 e. The van der Waals surface area contributed by atoms with Crippen LogP contribution >= 0.6 is 11.8 Å². The molecule has 2 aromatic carbocycles. The van der Waals surface area contributed by atoms with Crippen molar-refractivity contribution in [2.24, 2.45) is 0 Å². The van der Waals surface area contributed by atoms with E-state index >= 15 is 0 Å². The first-order valence-corrected chi connectivity index (χ1v) is 11.9. The number of nitrogens with one attached hydrogen (secondary N) is 1. The molecule has 0 aromatic heterocycles. The summed E-state index contributed by atoms with van der Waals surface area (Å²) in [5.41, 5.74) is 2.23. The fourth-order valence-corrected chi connectivity index (χ4v) is 3.96. The van der Waals surface area contributed by atoms with Crippen LogP contribution in [0.2, 0.25) is 0 Å². The number of ketones is 1. The topological polar surface area (TPSA) is 72.5 Å². The van der Waals surface area contributed by atoms with E-state index in [2.05, 4.69) is 5.32 Å². The highest BCUT2D eigenvalue weighted by molar-refractivity contribution is 7.99. The molecule has 0 aliphatic rings. The first kappa shape index (κ1) is 24.7. The summed E-state index contributed by atoms with van der Waals surface area (Å²) in [5.74, 6) is 0.400. The van der Waals surface area contributed by atoms with Gasteiger partial charge in [0.05, 0.1) is 24.8 Å². The third-order valence-electron chi connectivity index (χ3n) is 4.77. The van der Waals surface area contributed by atoms with Gasteiger partial charge in [-0.15, -0.1) is 0 Å². The van der Waals surface area contributed by atoms with Gasteiger partial charge < -0.3 is 10.1 Å². The number of amides is 1. The van der Waals surface area contributed by atoms with E-state index in [4.69, 9.17) is 4.74 Å². The number of Topliss-reactive ketones (excluding diaryl/α,β-unsaturated/α-hetero) is 1. The molecule has 0 bridgehead atoms. The van der Waals surface area contributed by atoms with E-state index in [0.29, 0.717) is 38.0 Å². The van der Waals surface area contributed by atoms with Crippen LogP contribution in [-0.4, -0.2) is 41.8 Å². The van der Waals surface area contributed by atoms with Crippen molar-refractivity contribution >= 4 is 29.4 Å². The lowest BCUT2D eigenvalue weighted by molar-refractivity contribution is -0.142. The van der Waals surface area contributed by atoms with Crippen molar-refractivity contribution in [2.45, 2.75) is 45.1 Å². The van der Waals surface area contributed by atoms with Crippen LogP contribution in [0, 0.1) is 0 Å². The van der Waals surface area contributed by atoms with Gasteiger partial charge in [-0.1, -0.05) is 60.7 Å². The largest absolute Gasteiger partial charge is 0.466 e. The lowest BCUT2D eigenvalue weighted by Gasteiger charge is -2.18. The van der Waals surface area contributed by atoms with E-state index in [1.54, 1.807) is 6.92 Å². The van der Waals surface area contributed by atoms with Crippen LogP contribution in [-0.2, 0) is 32.0 Å². The quantitative estimate of drug-likeness (QED) is 0.354. The summed E-state index contributed by atoms with van der Waals surface area (Å²) >= 11 is 1.40. The molecule has 6 heteroatoms. The van der Waals surface area contributed by atoms with Crippen molar-refractivity contribution in [3.63, 3.8) is 0 Å². The fraction of sp³-hybridized carbons (Fsp3) is 0.400. The van der Waals surface area contributed by atoms with E-state index in [1.165, 1.54) is 11.8 Å². The highest BCUT2D eigenvalue weighted by atomic mass is 32.2. The van der Waals surface area contributed by atoms with Crippen molar-refractivity contribution in [2.75, 3.05) is 18.1 Å². The van der Waals surface area contributed by atoms with Gasteiger partial charge in [0.2, 0.25) is 5.91 Å². The van der Waals surface area contributed by atoms with Crippen molar-refractivity contribution in [1.29, 1.82) is 0 Å². The van der Waals surface area contributed by atoms with Crippen LogP contribution < -0.4 is 5.32 Å². The lowest BCUT2D eigenvalue weighted by atomic mass is 10.0. The van der Waals surface area contributed by atoms with Gasteiger partial charge in [0.15, 0.2) is 5.78 Å². The van der Waals surface area contributed by atoms with Crippen molar-refractivity contribution in [1.82, 2.24) is 5.32 Å². The number of ether oxygens (including phenoxy) is 1. The Morgan fingerprint density at radius 3 is 2.13 bits per heavy atom. The zero-order valence-corrected chi connectivity index (χ0v) is 18.9. The molecular weight excluding hydrogens is 410 g/mol. The number of hydrogen-bond donors (Lipinski definition) is 1. The highest BCUT2D eigenvalue weighted by Gasteiger charge is 2.20. The summed E-state index contributed by atoms with van der Waals surface area (Å²) in [4.78, 5) is 36.7. The maximum atomic E-state index is 12.8. The van der Waals surface area contributed by atoms with Crippen LogP contribution in [0.5, 0.6) is 0 Å². The molecule has 0 aliphatic heterocycles. The van der Waals surface area contributed by atoms with Gasteiger partial charge in [0.1, 0.15) is 0 Å². The van der Waals surface area contributed by atoms with Crippen molar-refractivity contribution < 1.29 is 19.1 Å². The summed E-state index contributed by atoms with van der Waals surface area (Å²) in [6.45, 7) is 2.13. The molecule has 1 N–H and O–H groups in total. The van der Waals surface area contributed by atoms with Gasteiger partial charge >= 0.3 is 5.97 Å². The maximum absolute atomic E-state index is 12.8. The number of aryl methyl sites for hydroxylation is 2. The minimum absolute atomic E-state index is 0.0159. The molecule has 2 aromatic rings. The van der Waals surface area contributed by atoms with E-state index < -0.39 is 6.04 Å². The maximum Gasteiger partial charge on any atom is 0.306 e. The summed E-state index contributed by atoms with van der Waals surface area (Å²) in [7, 11) is 0. The van der Waals surface area contributed by atoms with Crippen LogP contribution in [0.4, 0.5) is 0 Å². The number of esters is 1. The Bertz CT molecular complexity index is 811. The van der Waals surface area contributed by atoms with Crippen molar-refractivity contribution in [3.05, 3.63) is 71.8 Å². The Hall–Kier alpha value is -2.60. The molecule has 2 rings (SSSR count). The number of hydrogen-bond acceptors (Lipinski definition) is 5. The molecule has 0 unspecified atom stereocenters. The summed E-state index contributed by atoms with van der Waals surface area (Å²) in [5, 5.41) is 2.93. The van der Waals surface area contributed by atoms with Gasteiger partial charge in [0, 0.05) is 12.2 Å². The predicted molar refractivity (Wildman–Crippen MR) is 125 cm³/mol. The van der Waals surface area contributed by atoms with Gasteiger partial charge in [-0.05, 0) is 37.3 Å². The second-order valence-corrected chi connectivity index (χ2v) is 8.31. The Labute approximate surface area is 189 Å². The number of rotatable bonds is 14. The summed E-state index contributed by atoms with van der Waals surface area (Å²) in [6.07, 6.45) is 2.53. The average molecular weight is 442 g/mol. The summed E-state index contributed by atoms with van der Waals surface area (Å²) in [6, 6.07) is 19.2. The third kappa shape index (κ3) is 10.3. The Kier molecular flexibility index (Phi) is 11.5. The number of carbonyl (C=O) groups is 3. The molecule has 0 heterocycles. The number of carbonyl (C=O) groups excluding carboxylic acids is 3. The molecule has 1 atom stereocenters. The standard InChI is InChI=1S/C25H31NO4S/c1-2-30-25(29)17-18-31-19-23(27)22(15-13-20-9-5-3-6-10-20)26-24(28)16-14-21-11-7-4-8-12-21/h3-12,22H,2,13-19H2,1H3,(H,26,28)/t22-/m0/s1. The summed E-state index contributed by atoms with van der Waals surface area (Å²) < 4.78 is 4.91. The fourth-order valence-electron chi connectivity index (χ4n) is 3.10. The lowest BCUT2D eigenvalue weighted by Crippen LogP contribution is -2.42.